The Kier molecular flexibility index (Phi) is 3.13. The molecule has 90 valence electrons. The smallest absolute Gasteiger partial charge is 0.253 e. The lowest BCUT2D eigenvalue weighted by atomic mass is 9.98. The van der Waals surface area contributed by atoms with Gasteiger partial charge in [0, 0.05) is 30.6 Å². The van der Waals surface area contributed by atoms with Gasteiger partial charge in [0.15, 0.2) is 0 Å². The minimum Gasteiger partial charge on any atom is -0.318 e. The summed E-state index contributed by atoms with van der Waals surface area (Å²) in [4.78, 5) is 12.0. The Morgan fingerprint density at radius 1 is 1.29 bits per heavy atom. The number of aromatic nitrogens is 3. The SMILES string of the molecule is CCc1c(-c2ccn[nH]2)cn(C)c(=O)c1CC. The van der Waals surface area contributed by atoms with Crippen LogP contribution in [0.3, 0.4) is 0 Å². The van der Waals surface area contributed by atoms with Crippen LogP contribution in [0.15, 0.2) is 23.3 Å². The molecular formula is C13H17N3O. The lowest BCUT2D eigenvalue weighted by molar-refractivity contribution is 0.821. The van der Waals surface area contributed by atoms with E-state index in [2.05, 4.69) is 17.1 Å². The highest BCUT2D eigenvalue weighted by atomic mass is 16.1. The maximum Gasteiger partial charge on any atom is 0.253 e. The van der Waals surface area contributed by atoms with Crippen molar-refractivity contribution in [2.24, 2.45) is 7.05 Å². The Morgan fingerprint density at radius 3 is 2.53 bits per heavy atom. The van der Waals surface area contributed by atoms with Crippen molar-refractivity contribution in [1.29, 1.82) is 0 Å². The number of H-pyrrole nitrogens is 1. The monoisotopic (exact) mass is 231 g/mol. The van der Waals surface area contributed by atoms with Gasteiger partial charge in [0.2, 0.25) is 0 Å². The fourth-order valence-corrected chi connectivity index (χ4v) is 2.24. The second-order valence-corrected chi connectivity index (χ2v) is 4.09. The summed E-state index contributed by atoms with van der Waals surface area (Å²) in [6.07, 6.45) is 5.23. The van der Waals surface area contributed by atoms with Crippen LogP contribution in [0.5, 0.6) is 0 Å². The molecule has 0 radical (unpaired) electrons. The largest absolute Gasteiger partial charge is 0.318 e. The van der Waals surface area contributed by atoms with Gasteiger partial charge < -0.3 is 4.57 Å². The van der Waals surface area contributed by atoms with Crippen LogP contribution in [0.4, 0.5) is 0 Å². The maximum absolute atomic E-state index is 12.0. The molecule has 0 atom stereocenters. The third-order valence-corrected chi connectivity index (χ3v) is 3.09. The van der Waals surface area contributed by atoms with Crippen molar-refractivity contribution >= 4 is 0 Å². The van der Waals surface area contributed by atoms with Gasteiger partial charge in [-0.05, 0) is 24.5 Å². The van der Waals surface area contributed by atoms with Crippen LogP contribution in [0.1, 0.15) is 25.0 Å². The molecule has 0 saturated carbocycles. The topological polar surface area (TPSA) is 50.7 Å². The fourth-order valence-electron chi connectivity index (χ4n) is 2.24. The van der Waals surface area contributed by atoms with Crippen molar-refractivity contribution in [1.82, 2.24) is 14.8 Å². The summed E-state index contributed by atoms with van der Waals surface area (Å²) in [6, 6.07) is 1.93. The highest BCUT2D eigenvalue weighted by molar-refractivity contribution is 5.63. The van der Waals surface area contributed by atoms with Crippen LogP contribution in [-0.4, -0.2) is 14.8 Å². The molecule has 0 amide bonds. The minimum absolute atomic E-state index is 0.104. The molecule has 0 fully saturated rings. The average molecular weight is 231 g/mol. The molecule has 0 aliphatic heterocycles. The number of hydrogen-bond acceptors (Lipinski definition) is 2. The number of nitrogens with zero attached hydrogens (tertiary/aromatic N) is 2. The van der Waals surface area contributed by atoms with E-state index in [4.69, 9.17) is 0 Å². The summed E-state index contributed by atoms with van der Waals surface area (Å²) in [5, 5.41) is 6.93. The molecule has 0 saturated heterocycles. The summed E-state index contributed by atoms with van der Waals surface area (Å²) in [5.74, 6) is 0. The van der Waals surface area contributed by atoms with Crippen molar-refractivity contribution in [3.05, 3.63) is 39.9 Å². The Bertz CT molecular complexity index is 567. The normalized spacial score (nSPS) is 10.8. The predicted molar refractivity (Wildman–Crippen MR) is 68.0 cm³/mol. The van der Waals surface area contributed by atoms with E-state index in [1.54, 1.807) is 17.8 Å². The standard InChI is InChI=1S/C13H17N3O/c1-4-9-10(5-2)13(17)16(3)8-11(9)12-6-7-14-15-12/h6-8H,4-5H2,1-3H3,(H,14,15). The number of pyridine rings is 1. The number of hydrogen-bond donors (Lipinski definition) is 1. The zero-order valence-corrected chi connectivity index (χ0v) is 10.4. The second kappa shape index (κ2) is 4.57. The first-order valence-electron chi connectivity index (χ1n) is 5.90. The first-order valence-corrected chi connectivity index (χ1v) is 5.90. The molecule has 4 heteroatoms. The Hall–Kier alpha value is -1.84. The van der Waals surface area contributed by atoms with Gasteiger partial charge in [-0.1, -0.05) is 13.8 Å². The summed E-state index contributed by atoms with van der Waals surface area (Å²) in [7, 11) is 1.79. The lowest BCUT2D eigenvalue weighted by Crippen LogP contribution is -2.23. The van der Waals surface area contributed by atoms with Crippen LogP contribution < -0.4 is 5.56 Å². The van der Waals surface area contributed by atoms with Gasteiger partial charge in [-0.3, -0.25) is 9.89 Å². The molecule has 0 aliphatic rings. The quantitative estimate of drug-likeness (QED) is 0.877. The molecule has 2 aromatic heterocycles. The van der Waals surface area contributed by atoms with E-state index in [1.165, 1.54) is 0 Å². The second-order valence-electron chi connectivity index (χ2n) is 4.09. The highest BCUT2D eigenvalue weighted by Crippen LogP contribution is 2.23. The fraction of sp³-hybridized carbons (Fsp3) is 0.385. The Labute approximate surface area is 100 Å². The van der Waals surface area contributed by atoms with Crippen molar-refractivity contribution in [2.75, 3.05) is 0 Å². The van der Waals surface area contributed by atoms with Crippen LogP contribution in [-0.2, 0) is 19.9 Å². The van der Waals surface area contributed by atoms with Gasteiger partial charge in [0.05, 0.1) is 5.69 Å². The van der Waals surface area contributed by atoms with Crippen LogP contribution in [0.25, 0.3) is 11.3 Å². The van der Waals surface area contributed by atoms with Crippen LogP contribution >= 0.6 is 0 Å². The molecule has 0 aliphatic carbocycles. The van der Waals surface area contributed by atoms with Crippen molar-refractivity contribution in [3.8, 4) is 11.3 Å². The van der Waals surface area contributed by atoms with Crippen molar-refractivity contribution in [3.63, 3.8) is 0 Å². The summed E-state index contributed by atoms with van der Waals surface area (Å²) in [5.41, 5.74) is 4.17. The zero-order chi connectivity index (χ0) is 12.4. The molecule has 0 spiro atoms. The third kappa shape index (κ3) is 1.90. The van der Waals surface area contributed by atoms with Crippen LogP contribution in [0.2, 0.25) is 0 Å². The molecule has 2 aromatic rings. The van der Waals surface area contributed by atoms with Gasteiger partial charge in [-0.25, -0.2) is 0 Å². The zero-order valence-electron chi connectivity index (χ0n) is 10.4. The van der Waals surface area contributed by atoms with Gasteiger partial charge in [0.1, 0.15) is 0 Å². The van der Waals surface area contributed by atoms with E-state index in [0.29, 0.717) is 0 Å². The summed E-state index contributed by atoms with van der Waals surface area (Å²) in [6.45, 7) is 4.10. The molecular weight excluding hydrogens is 214 g/mol. The molecule has 0 aromatic carbocycles. The Morgan fingerprint density at radius 2 is 2.00 bits per heavy atom. The van der Waals surface area contributed by atoms with E-state index < -0.39 is 0 Å². The molecule has 0 bridgehead atoms. The first kappa shape index (κ1) is 11.6. The summed E-state index contributed by atoms with van der Waals surface area (Å²) >= 11 is 0. The van der Waals surface area contributed by atoms with E-state index in [-0.39, 0.29) is 5.56 Å². The molecule has 1 N–H and O–H groups in total. The third-order valence-electron chi connectivity index (χ3n) is 3.09. The molecule has 17 heavy (non-hydrogen) atoms. The van der Waals surface area contributed by atoms with Crippen molar-refractivity contribution < 1.29 is 0 Å². The van der Waals surface area contributed by atoms with Gasteiger partial charge in [-0.2, -0.15) is 5.10 Å². The van der Waals surface area contributed by atoms with E-state index >= 15 is 0 Å². The van der Waals surface area contributed by atoms with Gasteiger partial charge in [-0.15, -0.1) is 0 Å². The van der Waals surface area contributed by atoms with Crippen LogP contribution in [0, 0.1) is 0 Å². The molecule has 2 rings (SSSR count). The van der Waals surface area contributed by atoms with Gasteiger partial charge in [0.25, 0.3) is 5.56 Å². The van der Waals surface area contributed by atoms with Crippen molar-refractivity contribution in [2.45, 2.75) is 26.7 Å². The molecule has 0 unspecified atom stereocenters. The van der Waals surface area contributed by atoms with E-state index in [0.717, 1.165) is 35.2 Å². The highest BCUT2D eigenvalue weighted by Gasteiger charge is 2.13. The number of aromatic amines is 1. The molecule has 2 heterocycles. The summed E-state index contributed by atoms with van der Waals surface area (Å²) < 4.78 is 1.65. The first-order chi connectivity index (χ1) is 8.19. The van der Waals surface area contributed by atoms with Gasteiger partial charge >= 0.3 is 0 Å². The lowest BCUT2D eigenvalue weighted by Gasteiger charge is -2.13. The average Bonchev–Trinajstić information content (AvgIpc) is 2.85. The van der Waals surface area contributed by atoms with E-state index in [9.17, 15) is 4.79 Å². The predicted octanol–water partition coefficient (Wildman–Crippen LogP) is 1.90. The molecule has 4 nitrogen and oxygen atoms in total. The Balaban J connectivity index is 2.76. The number of nitrogens with one attached hydrogen (secondary N) is 1. The number of aryl methyl sites for hydroxylation is 1. The minimum atomic E-state index is 0.104. The maximum atomic E-state index is 12.0. The number of rotatable bonds is 3. The van der Waals surface area contributed by atoms with E-state index in [1.807, 2.05) is 19.2 Å².